The van der Waals surface area contributed by atoms with Crippen LogP contribution in [0.1, 0.15) is 98.8 Å². The number of hydrogen-bond donors (Lipinski definition) is 0. The number of para-hydroxylation sites is 2. The van der Waals surface area contributed by atoms with Crippen molar-refractivity contribution in [3.05, 3.63) is 130 Å². The van der Waals surface area contributed by atoms with E-state index in [1.165, 1.54) is 0 Å². The first kappa shape index (κ1) is 50.7. The van der Waals surface area contributed by atoms with E-state index >= 15 is 0 Å². The summed E-state index contributed by atoms with van der Waals surface area (Å²) in [5, 5.41) is 0.562. The van der Waals surface area contributed by atoms with Crippen molar-refractivity contribution in [2.75, 3.05) is 42.6 Å². The van der Waals surface area contributed by atoms with Crippen molar-refractivity contribution < 1.29 is 52.5 Å². The SMILES string of the molecule is COC1=C(OCc2cc(COc3cc4c(cc3OC)C(=O)N3c5ccccc5CC3C=N4)cc(N(C)C(C)(C)CCOC(C)(C)CCC(=O)ON3C(=O)CCC3=O)c2)C=C2N=C[C@@H]3Cc4ccccc4N3C(=O)C2C1. The molecule has 0 N–H and O–H groups in total. The molecule has 4 aromatic rings. The number of anilines is 3. The van der Waals surface area contributed by atoms with Crippen LogP contribution in [0.15, 0.2) is 112 Å². The lowest BCUT2D eigenvalue weighted by Gasteiger charge is -2.39. The molecule has 3 atom stereocenters. The van der Waals surface area contributed by atoms with Crippen molar-refractivity contribution in [2.24, 2.45) is 15.9 Å². The van der Waals surface area contributed by atoms with Crippen LogP contribution >= 0.6 is 0 Å². The minimum Gasteiger partial charge on any atom is -0.497 e. The Kier molecular flexibility index (Phi) is 13.9. The van der Waals surface area contributed by atoms with Gasteiger partial charge in [0.05, 0.1) is 61.2 Å². The molecular formula is C58H62N6O11. The first-order chi connectivity index (χ1) is 36.0. The van der Waals surface area contributed by atoms with Crippen LogP contribution in [0.2, 0.25) is 0 Å². The Balaban J connectivity index is 0.873. The van der Waals surface area contributed by atoms with Gasteiger partial charge in [-0.3, -0.25) is 34.1 Å². The minimum atomic E-state index is -0.715. The van der Waals surface area contributed by atoms with E-state index in [0.717, 1.165) is 39.3 Å². The molecule has 0 bridgehead atoms. The summed E-state index contributed by atoms with van der Waals surface area (Å²) in [6.07, 6.45) is 8.11. The van der Waals surface area contributed by atoms with Crippen molar-refractivity contribution in [1.29, 1.82) is 0 Å². The summed E-state index contributed by atoms with van der Waals surface area (Å²) in [6, 6.07) is 25.1. The monoisotopic (exact) mass is 1020 g/mol. The van der Waals surface area contributed by atoms with Crippen LogP contribution in [0.4, 0.5) is 22.7 Å². The second-order valence-corrected chi connectivity index (χ2v) is 20.9. The molecular weight excluding hydrogens is 957 g/mol. The summed E-state index contributed by atoms with van der Waals surface area (Å²) in [5.41, 5.74) is 6.90. The number of rotatable bonds is 18. The molecule has 0 radical (unpaired) electrons. The van der Waals surface area contributed by atoms with Crippen molar-refractivity contribution in [1.82, 2.24) is 5.06 Å². The smallest absolute Gasteiger partial charge is 0.333 e. The average molecular weight is 1020 g/mol. The van der Waals surface area contributed by atoms with E-state index < -0.39 is 34.8 Å². The van der Waals surface area contributed by atoms with Crippen LogP contribution < -0.4 is 24.2 Å². The van der Waals surface area contributed by atoms with E-state index in [2.05, 4.69) is 36.9 Å². The first-order valence-electron chi connectivity index (χ1n) is 25.4. The molecule has 0 aromatic heterocycles. The largest absolute Gasteiger partial charge is 0.497 e. The maximum absolute atomic E-state index is 14.2. The molecule has 2 unspecified atom stereocenters. The summed E-state index contributed by atoms with van der Waals surface area (Å²) >= 11 is 0. The maximum atomic E-state index is 14.2. The van der Waals surface area contributed by atoms with Gasteiger partial charge in [0.25, 0.3) is 17.7 Å². The lowest BCUT2D eigenvalue weighted by Crippen LogP contribution is -2.43. The van der Waals surface area contributed by atoms with E-state index in [9.17, 15) is 24.0 Å². The topological polar surface area (TPSA) is 178 Å². The van der Waals surface area contributed by atoms with Crippen molar-refractivity contribution >= 4 is 64.8 Å². The zero-order chi connectivity index (χ0) is 52.8. The highest BCUT2D eigenvalue weighted by atomic mass is 16.7. The number of benzene rings is 4. The Hall–Kier alpha value is -7.79. The van der Waals surface area contributed by atoms with Gasteiger partial charge in [0.15, 0.2) is 17.3 Å². The molecule has 5 heterocycles. The summed E-state index contributed by atoms with van der Waals surface area (Å²) in [4.78, 5) is 85.5. The van der Waals surface area contributed by atoms with Crippen molar-refractivity contribution in [3.63, 3.8) is 0 Å². The number of carbonyl (C=O) groups is 5. The Bertz CT molecular complexity index is 3090. The predicted octanol–water partition coefficient (Wildman–Crippen LogP) is 8.67. The molecule has 0 spiro atoms. The Morgan fingerprint density at radius 1 is 0.733 bits per heavy atom. The van der Waals surface area contributed by atoms with Gasteiger partial charge in [0.1, 0.15) is 19.0 Å². The predicted molar refractivity (Wildman–Crippen MR) is 281 cm³/mol. The Morgan fingerprint density at radius 2 is 1.37 bits per heavy atom. The summed E-state index contributed by atoms with van der Waals surface area (Å²) in [5.74, 6) is -0.567. The van der Waals surface area contributed by atoms with Crippen LogP contribution in [0.25, 0.3) is 0 Å². The van der Waals surface area contributed by atoms with Crippen LogP contribution in [-0.2, 0) is 64.3 Å². The van der Waals surface area contributed by atoms with Gasteiger partial charge in [-0.2, -0.15) is 0 Å². The summed E-state index contributed by atoms with van der Waals surface area (Å²) in [6.45, 7) is 8.64. The lowest BCUT2D eigenvalue weighted by molar-refractivity contribution is -0.198. The number of hydroxylamine groups is 2. The fourth-order valence-corrected chi connectivity index (χ4v) is 10.5. The molecule has 5 aliphatic heterocycles. The number of imide groups is 1. The highest BCUT2D eigenvalue weighted by Crippen LogP contribution is 2.43. The number of ether oxygens (including phenoxy) is 5. The van der Waals surface area contributed by atoms with Gasteiger partial charge in [-0.15, -0.1) is 5.06 Å². The molecule has 1 aliphatic carbocycles. The molecule has 6 aliphatic rings. The van der Waals surface area contributed by atoms with E-state index in [1.807, 2.05) is 92.8 Å². The highest BCUT2D eigenvalue weighted by molar-refractivity contribution is 6.15. The van der Waals surface area contributed by atoms with E-state index in [1.54, 1.807) is 31.3 Å². The van der Waals surface area contributed by atoms with Gasteiger partial charge >= 0.3 is 5.97 Å². The fraction of sp³-hybridized carbons (Fsp3) is 0.397. The standard InChI is InChI=1S/C58H62N6O11/c1-57(2,20-21-74-58(3,4)19-18-54(67)75-64-52(65)16-17-53(64)66)61(5)39-23-35(33-72-50-29-44-42(27-48(50)70-6)55(68)62-40(31-59-44)25-37-12-8-10-14-46(37)62)22-36(24-39)34-73-51-30-45-43(28-49(51)71-7)56(69)63-41(32-60-45)26-38-13-9-11-15-47(38)63/h8-15,22-24,27,29-32,40-41,43H,16-21,25-26,28,33-34H2,1-7H3/t40?,41-,43?/m0/s1. The zero-order valence-electron chi connectivity index (χ0n) is 43.4. The third-order valence-corrected chi connectivity index (χ3v) is 15.1. The van der Waals surface area contributed by atoms with Gasteiger partial charge in [-0.25, -0.2) is 4.79 Å². The molecule has 390 valence electrons. The number of methoxy groups -OCH3 is 2. The van der Waals surface area contributed by atoms with Crippen LogP contribution in [-0.4, -0.2) is 98.2 Å². The first-order valence-corrected chi connectivity index (χ1v) is 25.4. The lowest BCUT2D eigenvalue weighted by atomic mass is 9.93. The number of hydrogen-bond acceptors (Lipinski definition) is 14. The molecule has 75 heavy (non-hydrogen) atoms. The fourth-order valence-electron chi connectivity index (χ4n) is 10.5. The van der Waals surface area contributed by atoms with Gasteiger partial charge in [-0.05, 0) is 99.2 Å². The number of nitrogens with zero attached hydrogens (tertiary/aromatic N) is 6. The quantitative estimate of drug-likeness (QED) is 0.0868. The maximum Gasteiger partial charge on any atom is 0.333 e. The number of fused-ring (bicyclic) bond motifs is 8. The molecule has 1 fully saturated rings. The summed E-state index contributed by atoms with van der Waals surface area (Å²) < 4.78 is 31.3. The molecule has 4 amide bonds. The highest BCUT2D eigenvalue weighted by Gasteiger charge is 2.43. The third kappa shape index (κ3) is 10.2. The number of amides is 4. The van der Waals surface area contributed by atoms with Crippen molar-refractivity contribution in [3.8, 4) is 11.5 Å². The minimum absolute atomic E-state index is 0.0232. The van der Waals surface area contributed by atoms with E-state index in [0.29, 0.717) is 83.7 Å². The normalized spacial score (nSPS) is 19.6. The van der Waals surface area contributed by atoms with Crippen LogP contribution in [0, 0.1) is 5.92 Å². The average Bonchev–Trinajstić information content (AvgIpc) is 4.02. The number of carbonyl (C=O) groups excluding carboxylic acids is 5. The molecule has 17 nitrogen and oxygen atoms in total. The molecule has 10 rings (SSSR count). The Labute approximate surface area is 436 Å². The molecule has 0 saturated carbocycles. The van der Waals surface area contributed by atoms with Crippen LogP contribution in [0.5, 0.6) is 11.5 Å². The van der Waals surface area contributed by atoms with Gasteiger partial charge in [0.2, 0.25) is 5.91 Å². The van der Waals surface area contributed by atoms with Gasteiger partial charge < -0.3 is 38.3 Å². The van der Waals surface area contributed by atoms with E-state index in [4.69, 9.17) is 38.5 Å². The third-order valence-electron chi connectivity index (χ3n) is 15.1. The van der Waals surface area contributed by atoms with Crippen LogP contribution in [0.3, 0.4) is 0 Å². The number of allylic oxidation sites excluding steroid dienone is 2. The molecule has 1 saturated heterocycles. The second-order valence-electron chi connectivity index (χ2n) is 20.9. The molecule has 4 aromatic carbocycles. The van der Waals surface area contributed by atoms with Crippen molar-refractivity contribution in [2.45, 2.75) is 115 Å². The van der Waals surface area contributed by atoms with E-state index in [-0.39, 0.29) is 56.4 Å². The van der Waals surface area contributed by atoms with Gasteiger partial charge in [-0.1, -0.05) is 36.4 Å². The summed E-state index contributed by atoms with van der Waals surface area (Å²) in [7, 11) is 5.15. The van der Waals surface area contributed by atoms with Gasteiger partial charge in [0, 0.05) is 92.9 Å². The molecule has 17 heteroatoms. The Morgan fingerprint density at radius 3 is 2.05 bits per heavy atom. The zero-order valence-corrected chi connectivity index (χ0v) is 43.4. The second kappa shape index (κ2) is 20.5. The number of aliphatic imine (C=N–C) groups is 2.